The topological polar surface area (TPSA) is 32.9 Å². The summed E-state index contributed by atoms with van der Waals surface area (Å²) in [6, 6.07) is 7.47. The smallest absolute Gasteiger partial charge is 0.251 e. The lowest BCUT2D eigenvalue weighted by molar-refractivity contribution is 0.714. The molecule has 0 spiro atoms. The van der Waals surface area contributed by atoms with Gasteiger partial charge in [0.1, 0.15) is 0 Å². The van der Waals surface area contributed by atoms with E-state index in [1.165, 1.54) is 0 Å². The Morgan fingerprint density at radius 2 is 2.06 bits per heavy atom. The fraction of sp³-hybridized carbons (Fsp3) is 0.357. The van der Waals surface area contributed by atoms with Crippen molar-refractivity contribution in [3.8, 4) is 0 Å². The van der Waals surface area contributed by atoms with E-state index in [0.29, 0.717) is 5.02 Å². The number of hydrogen-bond donors (Lipinski definition) is 1. The van der Waals surface area contributed by atoms with Crippen molar-refractivity contribution in [1.29, 1.82) is 0 Å². The predicted octanol–water partition coefficient (Wildman–Crippen LogP) is 3.91. The molecule has 3 heteroatoms. The van der Waals surface area contributed by atoms with Crippen LogP contribution in [-0.4, -0.2) is 4.98 Å². The number of hydrogen-bond acceptors (Lipinski definition) is 1. The van der Waals surface area contributed by atoms with Crippen molar-refractivity contribution in [3.63, 3.8) is 0 Å². The average molecular weight is 250 g/mol. The van der Waals surface area contributed by atoms with Gasteiger partial charge in [0.2, 0.25) is 0 Å². The van der Waals surface area contributed by atoms with Crippen molar-refractivity contribution in [2.75, 3.05) is 0 Å². The summed E-state index contributed by atoms with van der Waals surface area (Å²) in [4.78, 5) is 14.7. The molecule has 0 aliphatic heterocycles. The molecule has 0 unspecified atom stereocenters. The molecule has 0 aliphatic carbocycles. The van der Waals surface area contributed by atoms with Gasteiger partial charge in [0.15, 0.2) is 0 Å². The largest absolute Gasteiger partial charge is 0.322 e. The van der Waals surface area contributed by atoms with Crippen LogP contribution in [0.25, 0.3) is 10.9 Å². The van der Waals surface area contributed by atoms with Crippen molar-refractivity contribution in [1.82, 2.24) is 4.98 Å². The quantitative estimate of drug-likeness (QED) is 0.819. The maximum atomic E-state index is 11.8. The van der Waals surface area contributed by atoms with Crippen LogP contribution in [0.4, 0.5) is 0 Å². The zero-order valence-corrected chi connectivity index (χ0v) is 10.7. The number of aryl methyl sites for hydroxylation is 1. The summed E-state index contributed by atoms with van der Waals surface area (Å²) < 4.78 is 0. The molecule has 1 aromatic heterocycles. The number of fused-ring (bicyclic) bond motifs is 1. The average Bonchev–Trinajstić information content (AvgIpc) is 2.31. The molecular formula is C14H16ClNO. The Bertz CT molecular complexity index is 574. The number of pyridine rings is 1. The molecule has 2 rings (SSSR count). The van der Waals surface area contributed by atoms with Gasteiger partial charge in [0.25, 0.3) is 5.56 Å². The molecule has 0 saturated carbocycles. The van der Waals surface area contributed by atoms with E-state index < -0.39 is 0 Å². The zero-order chi connectivity index (χ0) is 12.3. The van der Waals surface area contributed by atoms with Gasteiger partial charge >= 0.3 is 0 Å². The van der Waals surface area contributed by atoms with Crippen LogP contribution in [0, 0.1) is 0 Å². The third kappa shape index (κ3) is 2.89. The van der Waals surface area contributed by atoms with Crippen LogP contribution >= 0.6 is 11.6 Å². The highest BCUT2D eigenvalue weighted by Gasteiger charge is 2.03. The molecule has 90 valence electrons. The van der Waals surface area contributed by atoms with Crippen molar-refractivity contribution in [2.24, 2.45) is 0 Å². The summed E-state index contributed by atoms with van der Waals surface area (Å²) in [5.74, 6) is 0. The first-order chi connectivity index (χ1) is 8.20. The third-order valence-corrected chi connectivity index (χ3v) is 3.17. The van der Waals surface area contributed by atoms with Crippen molar-refractivity contribution in [3.05, 3.63) is 45.2 Å². The lowest BCUT2D eigenvalue weighted by atomic mass is 10.1. The lowest BCUT2D eigenvalue weighted by Crippen LogP contribution is -2.12. The second kappa shape index (κ2) is 5.37. The third-order valence-electron chi connectivity index (χ3n) is 2.93. The van der Waals surface area contributed by atoms with Crippen LogP contribution < -0.4 is 5.56 Å². The van der Waals surface area contributed by atoms with Gasteiger partial charge in [-0.05, 0) is 42.5 Å². The molecule has 2 aromatic rings. The summed E-state index contributed by atoms with van der Waals surface area (Å²) >= 11 is 5.95. The molecule has 0 bridgehead atoms. The van der Waals surface area contributed by atoms with E-state index in [1.54, 1.807) is 6.07 Å². The molecule has 1 aromatic carbocycles. The Labute approximate surface area is 106 Å². The SMILES string of the molecule is CCCCCc1cc2cc(Cl)ccc2[nH]c1=O. The van der Waals surface area contributed by atoms with Crippen LogP contribution in [-0.2, 0) is 6.42 Å². The first-order valence-electron chi connectivity index (χ1n) is 6.02. The summed E-state index contributed by atoms with van der Waals surface area (Å²) in [6.07, 6.45) is 4.22. The Balaban J connectivity index is 2.36. The van der Waals surface area contributed by atoms with E-state index in [9.17, 15) is 4.79 Å². The summed E-state index contributed by atoms with van der Waals surface area (Å²) in [6.45, 7) is 2.16. The number of halogens is 1. The van der Waals surface area contributed by atoms with E-state index >= 15 is 0 Å². The fourth-order valence-electron chi connectivity index (χ4n) is 1.97. The molecule has 1 N–H and O–H groups in total. The molecule has 0 saturated heterocycles. The van der Waals surface area contributed by atoms with Crippen molar-refractivity contribution < 1.29 is 0 Å². The van der Waals surface area contributed by atoms with Gasteiger partial charge in [0.05, 0.1) is 0 Å². The second-order valence-electron chi connectivity index (χ2n) is 4.31. The maximum absolute atomic E-state index is 11.8. The van der Waals surface area contributed by atoms with Gasteiger partial charge in [-0.1, -0.05) is 31.4 Å². The normalized spacial score (nSPS) is 10.9. The molecule has 1 heterocycles. The van der Waals surface area contributed by atoms with Gasteiger partial charge in [-0.15, -0.1) is 0 Å². The van der Waals surface area contributed by atoms with Gasteiger partial charge in [-0.25, -0.2) is 0 Å². The predicted molar refractivity (Wildman–Crippen MR) is 72.8 cm³/mol. The number of benzene rings is 1. The van der Waals surface area contributed by atoms with Crippen LogP contribution in [0.5, 0.6) is 0 Å². The van der Waals surface area contributed by atoms with Gasteiger partial charge in [-0.2, -0.15) is 0 Å². The first kappa shape index (κ1) is 12.2. The zero-order valence-electron chi connectivity index (χ0n) is 9.92. The number of aromatic amines is 1. The van der Waals surface area contributed by atoms with Crippen molar-refractivity contribution >= 4 is 22.5 Å². The number of unbranched alkanes of at least 4 members (excludes halogenated alkanes) is 2. The van der Waals surface area contributed by atoms with Gasteiger partial charge in [-0.3, -0.25) is 4.79 Å². The van der Waals surface area contributed by atoms with E-state index in [1.807, 2.05) is 18.2 Å². The lowest BCUT2D eigenvalue weighted by Gasteiger charge is -2.03. The number of nitrogens with one attached hydrogen (secondary N) is 1. The van der Waals surface area contributed by atoms with Crippen LogP contribution in [0.2, 0.25) is 5.02 Å². The molecule has 0 aliphatic rings. The summed E-state index contributed by atoms with van der Waals surface area (Å²) in [7, 11) is 0. The molecule has 2 nitrogen and oxygen atoms in total. The Morgan fingerprint density at radius 3 is 2.82 bits per heavy atom. The first-order valence-corrected chi connectivity index (χ1v) is 6.40. The maximum Gasteiger partial charge on any atom is 0.251 e. The standard InChI is InChI=1S/C14H16ClNO/c1-2-3-4-5-10-8-11-9-12(15)6-7-13(11)16-14(10)17/h6-9H,2-5H2,1H3,(H,16,17). The highest BCUT2D eigenvalue weighted by Crippen LogP contribution is 2.17. The molecule has 0 amide bonds. The molecule has 0 fully saturated rings. The van der Waals surface area contributed by atoms with E-state index in [-0.39, 0.29) is 5.56 Å². The molecule has 0 radical (unpaired) electrons. The minimum absolute atomic E-state index is 0.0240. The fourth-order valence-corrected chi connectivity index (χ4v) is 2.15. The Hall–Kier alpha value is -1.28. The number of rotatable bonds is 4. The highest BCUT2D eigenvalue weighted by atomic mass is 35.5. The van der Waals surface area contributed by atoms with E-state index in [0.717, 1.165) is 42.1 Å². The minimum Gasteiger partial charge on any atom is -0.322 e. The molecule has 17 heavy (non-hydrogen) atoms. The van der Waals surface area contributed by atoms with Crippen LogP contribution in [0.1, 0.15) is 31.7 Å². The second-order valence-corrected chi connectivity index (χ2v) is 4.75. The molecule has 0 atom stereocenters. The number of aromatic nitrogens is 1. The molecular weight excluding hydrogens is 234 g/mol. The van der Waals surface area contributed by atoms with E-state index in [2.05, 4.69) is 11.9 Å². The Morgan fingerprint density at radius 1 is 1.24 bits per heavy atom. The van der Waals surface area contributed by atoms with Gasteiger partial charge in [0, 0.05) is 16.1 Å². The summed E-state index contributed by atoms with van der Waals surface area (Å²) in [5.41, 5.74) is 1.72. The van der Waals surface area contributed by atoms with Gasteiger partial charge < -0.3 is 4.98 Å². The van der Waals surface area contributed by atoms with Crippen LogP contribution in [0.3, 0.4) is 0 Å². The summed E-state index contributed by atoms with van der Waals surface area (Å²) in [5, 5.41) is 1.70. The monoisotopic (exact) mass is 249 g/mol. The van der Waals surface area contributed by atoms with Crippen molar-refractivity contribution in [2.45, 2.75) is 32.6 Å². The van der Waals surface area contributed by atoms with Crippen LogP contribution in [0.15, 0.2) is 29.1 Å². The highest BCUT2D eigenvalue weighted by molar-refractivity contribution is 6.31. The number of H-pyrrole nitrogens is 1. The Kier molecular flexibility index (Phi) is 3.85. The van der Waals surface area contributed by atoms with E-state index in [4.69, 9.17) is 11.6 Å². The minimum atomic E-state index is 0.0240.